The lowest BCUT2D eigenvalue weighted by Gasteiger charge is -2.04. The Bertz CT molecular complexity index is 528. The van der Waals surface area contributed by atoms with E-state index in [4.69, 9.17) is 9.72 Å². The summed E-state index contributed by atoms with van der Waals surface area (Å²) in [4.78, 5) is 6.20. The molecule has 0 aliphatic rings. The fraction of sp³-hybridized carbons (Fsp3) is 0.438. The van der Waals surface area contributed by atoms with Gasteiger partial charge in [-0.1, -0.05) is 30.3 Å². The second kappa shape index (κ2) is 9.20. The first-order chi connectivity index (χ1) is 10.3. The maximum Gasteiger partial charge on any atom is 0.103 e. The molecule has 0 bridgehead atoms. The molecule has 0 aliphatic carbocycles. The van der Waals surface area contributed by atoms with Gasteiger partial charge in [0.25, 0.3) is 0 Å². The molecule has 0 saturated carbocycles. The molecule has 1 aromatic heterocycles. The zero-order valence-corrected chi connectivity index (χ0v) is 14.2. The minimum absolute atomic E-state index is 0.756. The number of thioether (sulfide) groups is 1. The molecule has 5 heteroatoms. The molecule has 1 aromatic carbocycles. The summed E-state index contributed by atoms with van der Waals surface area (Å²) in [6, 6.07) is 10.5. The Balaban J connectivity index is 2.07. The molecule has 0 fully saturated rings. The molecule has 21 heavy (non-hydrogen) atoms. The van der Waals surface area contributed by atoms with Crippen LogP contribution >= 0.6 is 23.1 Å². The van der Waals surface area contributed by atoms with E-state index in [0.717, 1.165) is 37.6 Å². The molecule has 2 rings (SSSR count). The van der Waals surface area contributed by atoms with Gasteiger partial charge in [-0.15, -0.1) is 11.3 Å². The molecule has 0 radical (unpaired) electrons. The first-order valence-electron chi connectivity index (χ1n) is 7.07. The quantitative estimate of drug-likeness (QED) is 0.717. The average Bonchev–Trinajstić information content (AvgIpc) is 2.91. The van der Waals surface area contributed by atoms with Crippen molar-refractivity contribution in [3.63, 3.8) is 0 Å². The lowest BCUT2D eigenvalue weighted by molar-refractivity contribution is 0.199. The van der Waals surface area contributed by atoms with Crippen molar-refractivity contribution < 1.29 is 4.74 Å². The normalized spacial score (nSPS) is 11.0. The molecule has 0 aliphatic heterocycles. The molecule has 1 heterocycles. The van der Waals surface area contributed by atoms with Crippen LogP contribution in [-0.2, 0) is 16.9 Å². The van der Waals surface area contributed by atoms with Crippen molar-refractivity contribution in [1.82, 2.24) is 10.3 Å². The number of aromatic nitrogens is 1. The van der Waals surface area contributed by atoms with Crippen molar-refractivity contribution in [2.45, 2.75) is 12.2 Å². The summed E-state index contributed by atoms with van der Waals surface area (Å²) >= 11 is 3.66. The summed E-state index contributed by atoms with van der Waals surface area (Å²) < 4.78 is 5.05. The fourth-order valence-corrected chi connectivity index (χ4v) is 3.86. The van der Waals surface area contributed by atoms with Crippen molar-refractivity contribution in [2.24, 2.45) is 0 Å². The summed E-state index contributed by atoms with van der Waals surface area (Å²) in [6.45, 7) is 2.61. The van der Waals surface area contributed by atoms with Crippen molar-refractivity contribution in [3.8, 4) is 11.3 Å². The van der Waals surface area contributed by atoms with Crippen LogP contribution in [-0.4, -0.2) is 38.0 Å². The number of benzene rings is 1. The highest BCUT2D eigenvalue weighted by molar-refractivity contribution is 7.97. The lowest BCUT2D eigenvalue weighted by atomic mass is 10.1. The van der Waals surface area contributed by atoms with Crippen LogP contribution in [0.25, 0.3) is 11.3 Å². The van der Waals surface area contributed by atoms with E-state index in [1.165, 1.54) is 15.4 Å². The summed E-state index contributed by atoms with van der Waals surface area (Å²) in [5.41, 5.74) is 2.37. The van der Waals surface area contributed by atoms with E-state index in [-0.39, 0.29) is 0 Å². The molecule has 0 atom stereocenters. The standard InChI is InChI=1S/C16H22N2OS2/c1-19-11-10-17-9-8-14-16(13-6-4-3-5-7-13)18-15(21-14)12-20-2/h3-7,17H,8-12H2,1-2H3. The monoisotopic (exact) mass is 322 g/mol. The number of nitrogens with zero attached hydrogens (tertiary/aromatic N) is 1. The third-order valence-corrected chi connectivity index (χ3v) is 4.93. The van der Waals surface area contributed by atoms with Crippen LogP contribution in [0.1, 0.15) is 9.88 Å². The number of rotatable bonds is 9. The lowest BCUT2D eigenvalue weighted by Crippen LogP contribution is -2.21. The average molecular weight is 322 g/mol. The van der Waals surface area contributed by atoms with E-state index in [9.17, 15) is 0 Å². The Labute approximate surface area is 135 Å². The second-order valence-electron chi connectivity index (χ2n) is 4.67. The molecular formula is C16H22N2OS2. The van der Waals surface area contributed by atoms with Crippen LogP contribution in [0.3, 0.4) is 0 Å². The summed E-state index contributed by atoms with van der Waals surface area (Å²) in [6.07, 6.45) is 3.13. The zero-order valence-electron chi connectivity index (χ0n) is 12.6. The van der Waals surface area contributed by atoms with Crippen LogP contribution in [0, 0.1) is 0 Å². The van der Waals surface area contributed by atoms with Gasteiger partial charge in [0, 0.05) is 36.4 Å². The predicted octanol–water partition coefficient (Wildman–Crippen LogP) is 3.45. The molecular weight excluding hydrogens is 300 g/mol. The van der Waals surface area contributed by atoms with Crippen LogP contribution in [0.5, 0.6) is 0 Å². The highest BCUT2D eigenvalue weighted by atomic mass is 32.2. The topological polar surface area (TPSA) is 34.1 Å². The van der Waals surface area contributed by atoms with Crippen LogP contribution in [0.4, 0.5) is 0 Å². The van der Waals surface area contributed by atoms with Crippen LogP contribution < -0.4 is 5.32 Å². The molecule has 2 aromatic rings. The van der Waals surface area contributed by atoms with E-state index in [0.29, 0.717) is 0 Å². The van der Waals surface area contributed by atoms with Crippen molar-refractivity contribution >= 4 is 23.1 Å². The smallest absolute Gasteiger partial charge is 0.103 e. The second-order valence-corrected chi connectivity index (χ2v) is 6.71. The first-order valence-corrected chi connectivity index (χ1v) is 9.28. The predicted molar refractivity (Wildman–Crippen MR) is 93.2 cm³/mol. The van der Waals surface area contributed by atoms with Gasteiger partial charge in [-0.3, -0.25) is 0 Å². The number of nitrogens with one attached hydrogen (secondary N) is 1. The third kappa shape index (κ3) is 5.11. The Morgan fingerprint density at radius 2 is 2.05 bits per heavy atom. The van der Waals surface area contributed by atoms with Crippen molar-refractivity contribution in [1.29, 1.82) is 0 Å². The minimum atomic E-state index is 0.756. The maximum atomic E-state index is 5.05. The van der Waals surface area contributed by atoms with Gasteiger partial charge in [0.1, 0.15) is 5.01 Å². The number of thiazole rings is 1. The highest BCUT2D eigenvalue weighted by Crippen LogP contribution is 2.30. The SMILES string of the molecule is COCCNCCc1sc(CSC)nc1-c1ccccc1. The zero-order chi connectivity index (χ0) is 14.9. The summed E-state index contributed by atoms with van der Waals surface area (Å²) in [7, 11) is 1.73. The summed E-state index contributed by atoms with van der Waals surface area (Å²) in [5, 5.41) is 4.62. The highest BCUT2D eigenvalue weighted by Gasteiger charge is 2.12. The fourth-order valence-electron chi connectivity index (χ4n) is 2.08. The number of hydrogen-bond acceptors (Lipinski definition) is 5. The van der Waals surface area contributed by atoms with E-state index in [1.54, 1.807) is 7.11 Å². The Hall–Kier alpha value is -0.880. The Morgan fingerprint density at radius 3 is 2.76 bits per heavy atom. The van der Waals surface area contributed by atoms with Crippen molar-refractivity contribution in [3.05, 3.63) is 40.2 Å². The van der Waals surface area contributed by atoms with Gasteiger partial charge < -0.3 is 10.1 Å². The largest absolute Gasteiger partial charge is 0.383 e. The Morgan fingerprint density at radius 1 is 1.24 bits per heavy atom. The number of hydrogen-bond donors (Lipinski definition) is 1. The van der Waals surface area contributed by atoms with E-state index in [2.05, 4.69) is 35.8 Å². The van der Waals surface area contributed by atoms with Gasteiger partial charge in [0.15, 0.2) is 0 Å². The molecule has 0 saturated heterocycles. The van der Waals surface area contributed by atoms with E-state index < -0.39 is 0 Å². The van der Waals surface area contributed by atoms with Gasteiger partial charge in [-0.25, -0.2) is 4.98 Å². The molecule has 0 unspecified atom stereocenters. The molecule has 114 valence electrons. The van der Waals surface area contributed by atoms with Gasteiger partial charge in [0.2, 0.25) is 0 Å². The van der Waals surface area contributed by atoms with Gasteiger partial charge in [-0.2, -0.15) is 11.8 Å². The first kappa shape index (κ1) is 16.5. The van der Waals surface area contributed by atoms with E-state index >= 15 is 0 Å². The van der Waals surface area contributed by atoms with Gasteiger partial charge in [-0.05, 0) is 12.7 Å². The van der Waals surface area contributed by atoms with Gasteiger partial charge >= 0.3 is 0 Å². The summed E-state index contributed by atoms with van der Waals surface area (Å²) in [5.74, 6) is 0.988. The molecule has 3 nitrogen and oxygen atoms in total. The maximum absolute atomic E-state index is 5.05. The Kier molecular flexibility index (Phi) is 7.23. The van der Waals surface area contributed by atoms with Crippen LogP contribution in [0.2, 0.25) is 0 Å². The number of methoxy groups -OCH3 is 1. The van der Waals surface area contributed by atoms with E-state index in [1.807, 2.05) is 29.2 Å². The molecule has 1 N–H and O–H groups in total. The van der Waals surface area contributed by atoms with Crippen LogP contribution in [0.15, 0.2) is 30.3 Å². The molecule has 0 spiro atoms. The molecule has 0 amide bonds. The van der Waals surface area contributed by atoms with Crippen molar-refractivity contribution in [2.75, 3.05) is 33.1 Å². The number of ether oxygens (including phenoxy) is 1. The third-order valence-electron chi connectivity index (χ3n) is 3.07. The van der Waals surface area contributed by atoms with Gasteiger partial charge in [0.05, 0.1) is 12.3 Å². The minimum Gasteiger partial charge on any atom is -0.383 e.